The second-order valence-electron chi connectivity index (χ2n) is 3.85. The Labute approximate surface area is 117 Å². The molecular formula is C10H12BrN7O. The normalized spacial score (nSPS) is 10.3. The van der Waals surface area contributed by atoms with Crippen molar-refractivity contribution in [2.75, 3.05) is 19.5 Å². The Morgan fingerprint density at radius 1 is 1.47 bits per heavy atom. The van der Waals surface area contributed by atoms with Gasteiger partial charge in [-0.1, -0.05) is 0 Å². The van der Waals surface area contributed by atoms with Crippen LogP contribution >= 0.6 is 15.9 Å². The number of rotatable bonds is 3. The topological polar surface area (TPSA) is 102 Å². The molecule has 0 aliphatic rings. The van der Waals surface area contributed by atoms with Gasteiger partial charge in [-0.25, -0.2) is 20.5 Å². The van der Waals surface area contributed by atoms with Crippen LogP contribution in [0.15, 0.2) is 23.1 Å². The molecule has 0 saturated heterocycles. The summed E-state index contributed by atoms with van der Waals surface area (Å²) in [5, 5.41) is 4.17. The molecule has 0 unspecified atom stereocenters. The minimum atomic E-state index is -0.180. The number of hydrogen-bond acceptors (Lipinski definition) is 6. The molecule has 8 nitrogen and oxygen atoms in total. The van der Waals surface area contributed by atoms with E-state index in [1.54, 1.807) is 26.4 Å². The number of carbonyl (C=O) groups is 1. The molecule has 9 heteroatoms. The summed E-state index contributed by atoms with van der Waals surface area (Å²) in [5.41, 5.74) is 2.77. The zero-order chi connectivity index (χ0) is 14.0. The highest BCUT2D eigenvalue weighted by Crippen LogP contribution is 2.24. The lowest BCUT2D eigenvalue weighted by molar-refractivity contribution is 0.0821. The first-order chi connectivity index (χ1) is 9.04. The molecule has 3 N–H and O–H groups in total. The number of nitrogens with zero attached hydrogens (tertiary/aromatic N) is 5. The summed E-state index contributed by atoms with van der Waals surface area (Å²) < 4.78 is 2.04. The maximum absolute atomic E-state index is 11.8. The quantitative estimate of drug-likeness (QED) is 0.626. The molecule has 0 atom stereocenters. The first kappa shape index (κ1) is 13.4. The Hall–Kier alpha value is -2.00. The molecule has 0 saturated carbocycles. The highest BCUT2D eigenvalue weighted by Gasteiger charge is 2.15. The number of nitrogen functional groups attached to an aromatic ring is 1. The maximum atomic E-state index is 11.8. The molecule has 1 amide bonds. The van der Waals surface area contributed by atoms with E-state index in [4.69, 9.17) is 5.84 Å². The molecule has 0 fully saturated rings. The van der Waals surface area contributed by atoms with Crippen LogP contribution in [-0.4, -0.2) is 44.7 Å². The van der Waals surface area contributed by atoms with Crippen LogP contribution in [0.2, 0.25) is 0 Å². The fourth-order valence-electron chi connectivity index (χ4n) is 1.41. The van der Waals surface area contributed by atoms with Crippen molar-refractivity contribution in [1.29, 1.82) is 0 Å². The zero-order valence-corrected chi connectivity index (χ0v) is 11.9. The van der Waals surface area contributed by atoms with Gasteiger partial charge < -0.3 is 10.3 Å². The van der Waals surface area contributed by atoms with Crippen LogP contribution in [0.1, 0.15) is 10.5 Å². The number of nitrogens with two attached hydrogens (primary N) is 1. The van der Waals surface area contributed by atoms with Gasteiger partial charge in [0.1, 0.15) is 10.8 Å². The molecule has 0 bridgehead atoms. The predicted octanol–water partition coefficient (Wildman–Crippen LogP) is 0.412. The van der Waals surface area contributed by atoms with Crippen molar-refractivity contribution in [2.45, 2.75) is 0 Å². The highest BCUT2D eigenvalue weighted by atomic mass is 79.9. The van der Waals surface area contributed by atoms with Gasteiger partial charge in [-0.15, -0.1) is 0 Å². The second-order valence-corrected chi connectivity index (χ2v) is 4.64. The molecule has 0 radical (unpaired) electrons. The van der Waals surface area contributed by atoms with E-state index in [1.165, 1.54) is 15.9 Å². The Morgan fingerprint density at radius 3 is 2.84 bits per heavy atom. The van der Waals surface area contributed by atoms with Gasteiger partial charge in [0.2, 0.25) is 0 Å². The predicted molar refractivity (Wildman–Crippen MR) is 72.7 cm³/mol. The zero-order valence-electron chi connectivity index (χ0n) is 10.3. The van der Waals surface area contributed by atoms with Crippen molar-refractivity contribution in [3.8, 4) is 5.82 Å². The number of carbonyl (C=O) groups excluding carboxylic acids is 1. The number of aromatic nitrogens is 4. The molecule has 2 aromatic heterocycles. The standard InChI is InChI=1S/C10H12BrN7O/c1-17(2)10(19)6-3-4-18(16-6)9-7(11)8(15-12)13-5-14-9/h3-5H,12H2,1-2H3,(H,13,14,15). The summed E-state index contributed by atoms with van der Waals surface area (Å²) in [7, 11) is 3.33. The van der Waals surface area contributed by atoms with Gasteiger partial charge >= 0.3 is 0 Å². The van der Waals surface area contributed by atoms with E-state index in [0.717, 1.165) is 0 Å². The van der Waals surface area contributed by atoms with Crippen molar-refractivity contribution >= 4 is 27.7 Å². The Morgan fingerprint density at radius 2 is 2.21 bits per heavy atom. The third kappa shape index (κ3) is 2.56. The van der Waals surface area contributed by atoms with E-state index in [0.29, 0.717) is 21.8 Å². The number of halogens is 1. The van der Waals surface area contributed by atoms with Gasteiger partial charge in [0.15, 0.2) is 17.3 Å². The van der Waals surface area contributed by atoms with Gasteiger partial charge in [0.25, 0.3) is 5.91 Å². The molecule has 2 aromatic rings. The number of hydrazine groups is 1. The van der Waals surface area contributed by atoms with Crippen molar-refractivity contribution in [2.24, 2.45) is 5.84 Å². The monoisotopic (exact) mass is 325 g/mol. The summed E-state index contributed by atoms with van der Waals surface area (Å²) in [5.74, 6) is 6.07. The fourth-order valence-corrected chi connectivity index (χ4v) is 1.91. The second kappa shape index (κ2) is 5.33. The van der Waals surface area contributed by atoms with Crippen molar-refractivity contribution in [3.05, 3.63) is 28.8 Å². The van der Waals surface area contributed by atoms with E-state index < -0.39 is 0 Å². The maximum Gasteiger partial charge on any atom is 0.273 e. The first-order valence-electron chi connectivity index (χ1n) is 5.29. The van der Waals surface area contributed by atoms with Crippen molar-refractivity contribution < 1.29 is 4.79 Å². The van der Waals surface area contributed by atoms with Crippen LogP contribution in [0, 0.1) is 0 Å². The molecule has 2 rings (SSSR count). The summed E-state index contributed by atoms with van der Waals surface area (Å²) in [6.45, 7) is 0. The van der Waals surface area contributed by atoms with E-state index in [-0.39, 0.29) is 5.91 Å². The summed E-state index contributed by atoms with van der Waals surface area (Å²) in [6.07, 6.45) is 2.99. The molecule has 0 aliphatic carbocycles. The molecule has 100 valence electrons. The largest absolute Gasteiger partial charge is 0.343 e. The highest BCUT2D eigenvalue weighted by molar-refractivity contribution is 9.10. The van der Waals surface area contributed by atoms with E-state index in [1.807, 2.05) is 0 Å². The SMILES string of the molecule is CN(C)C(=O)c1ccn(-c2ncnc(NN)c2Br)n1. The van der Waals surface area contributed by atoms with Crippen LogP contribution in [0.5, 0.6) is 0 Å². The Balaban J connectivity index is 2.41. The van der Waals surface area contributed by atoms with Crippen LogP contribution in [0.3, 0.4) is 0 Å². The van der Waals surface area contributed by atoms with Gasteiger partial charge in [0, 0.05) is 20.3 Å². The Bertz CT molecular complexity index is 610. The van der Waals surface area contributed by atoms with Crippen molar-refractivity contribution in [3.63, 3.8) is 0 Å². The smallest absolute Gasteiger partial charge is 0.273 e. The van der Waals surface area contributed by atoms with Gasteiger partial charge in [-0.05, 0) is 22.0 Å². The first-order valence-corrected chi connectivity index (χ1v) is 6.08. The van der Waals surface area contributed by atoms with Gasteiger partial charge in [-0.2, -0.15) is 5.10 Å². The fraction of sp³-hybridized carbons (Fsp3) is 0.200. The molecular weight excluding hydrogens is 314 g/mol. The van der Waals surface area contributed by atoms with Crippen molar-refractivity contribution in [1.82, 2.24) is 24.6 Å². The average molecular weight is 326 g/mol. The lowest BCUT2D eigenvalue weighted by Crippen LogP contribution is -2.22. The van der Waals surface area contributed by atoms with Crippen LogP contribution in [0.4, 0.5) is 5.82 Å². The Kier molecular flexibility index (Phi) is 3.76. The van der Waals surface area contributed by atoms with Gasteiger partial charge in [-0.3, -0.25) is 4.79 Å². The molecule has 2 heterocycles. The molecule has 0 aromatic carbocycles. The summed E-state index contributed by atoms with van der Waals surface area (Å²) in [6, 6.07) is 1.62. The number of amides is 1. The number of anilines is 1. The third-order valence-electron chi connectivity index (χ3n) is 2.34. The minimum Gasteiger partial charge on any atom is -0.343 e. The van der Waals surface area contributed by atoms with E-state index in [9.17, 15) is 4.79 Å². The summed E-state index contributed by atoms with van der Waals surface area (Å²) >= 11 is 3.33. The third-order valence-corrected chi connectivity index (χ3v) is 3.07. The van der Waals surface area contributed by atoms with E-state index >= 15 is 0 Å². The summed E-state index contributed by atoms with van der Waals surface area (Å²) in [4.78, 5) is 21.3. The van der Waals surface area contributed by atoms with Crippen LogP contribution in [-0.2, 0) is 0 Å². The number of nitrogens with one attached hydrogen (secondary N) is 1. The minimum absolute atomic E-state index is 0.180. The molecule has 19 heavy (non-hydrogen) atoms. The average Bonchev–Trinajstić information content (AvgIpc) is 2.87. The van der Waals surface area contributed by atoms with Crippen LogP contribution < -0.4 is 11.3 Å². The molecule has 0 spiro atoms. The van der Waals surface area contributed by atoms with Crippen LogP contribution in [0.25, 0.3) is 5.82 Å². The van der Waals surface area contributed by atoms with Gasteiger partial charge in [0.05, 0.1) is 0 Å². The molecule has 0 aliphatic heterocycles. The lowest BCUT2D eigenvalue weighted by atomic mass is 10.4. The lowest BCUT2D eigenvalue weighted by Gasteiger charge is -2.08. The van der Waals surface area contributed by atoms with E-state index in [2.05, 4.69) is 36.4 Å². The number of hydrogen-bond donors (Lipinski definition) is 2.